The minimum Gasteiger partial charge on any atom is -0.389 e. The Morgan fingerprint density at radius 2 is 1.04 bits per heavy atom. The van der Waals surface area contributed by atoms with Crippen LogP contribution in [0.15, 0.2) is 60.7 Å². The summed E-state index contributed by atoms with van der Waals surface area (Å²) in [7, 11) is 0. The highest BCUT2D eigenvalue weighted by Crippen LogP contribution is 2.07. The van der Waals surface area contributed by atoms with Gasteiger partial charge in [0.1, 0.15) is 0 Å². The number of aliphatic hydroxyl groups excluding tert-OH is 2. The van der Waals surface area contributed by atoms with E-state index in [-0.39, 0.29) is 13.2 Å². The van der Waals surface area contributed by atoms with E-state index < -0.39 is 24.3 Å². The summed E-state index contributed by atoms with van der Waals surface area (Å²) in [4.78, 5) is 0. The second kappa shape index (κ2) is 10.3. The summed E-state index contributed by atoms with van der Waals surface area (Å²) in [5.74, 6) is 0. The van der Waals surface area contributed by atoms with Crippen LogP contribution in [0.25, 0.3) is 0 Å². The molecule has 0 saturated heterocycles. The molecule has 0 heterocycles. The summed E-state index contributed by atoms with van der Waals surface area (Å²) in [6.45, 7) is 0.145. The molecular formula is C20H28N2O3. The van der Waals surface area contributed by atoms with Gasteiger partial charge in [0.05, 0.1) is 25.4 Å². The molecule has 5 nitrogen and oxygen atoms in total. The average Bonchev–Trinajstić information content (AvgIpc) is 2.63. The van der Waals surface area contributed by atoms with Crippen molar-refractivity contribution in [1.29, 1.82) is 0 Å². The minimum atomic E-state index is -0.794. The number of hydrogen-bond donors (Lipinski definition) is 4. The van der Waals surface area contributed by atoms with Crippen LogP contribution in [0.1, 0.15) is 11.1 Å². The molecule has 2 aromatic rings. The lowest BCUT2D eigenvalue weighted by molar-refractivity contribution is -0.0212. The minimum absolute atomic E-state index is 0.0725. The number of aliphatic hydroxyl groups is 2. The van der Waals surface area contributed by atoms with Crippen LogP contribution in [0, 0.1) is 0 Å². The van der Waals surface area contributed by atoms with E-state index in [9.17, 15) is 10.2 Å². The van der Waals surface area contributed by atoms with E-state index in [1.165, 1.54) is 0 Å². The van der Waals surface area contributed by atoms with Gasteiger partial charge in [-0.25, -0.2) is 0 Å². The van der Waals surface area contributed by atoms with Crippen LogP contribution < -0.4 is 11.5 Å². The van der Waals surface area contributed by atoms with Gasteiger partial charge in [-0.3, -0.25) is 0 Å². The summed E-state index contributed by atoms with van der Waals surface area (Å²) in [5, 5.41) is 20.2. The van der Waals surface area contributed by atoms with Crippen molar-refractivity contribution in [3.05, 3.63) is 71.8 Å². The molecule has 0 aliphatic rings. The van der Waals surface area contributed by atoms with Crippen LogP contribution in [-0.4, -0.2) is 47.7 Å². The maximum Gasteiger partial charge on any atom is 0.0927 e. The third kappa shape index (κ3) is 6.94. The average molecular weight is 344 g/mol. The Morgan fingerprint density at radius 3 is 1.40 bits per heavy atom. The molecule has 0 aromatic heterocycles. The van der Waals surface area contributed by atoms with Crippen molar-refractivity contribution >= 4 is 0 Å². The fraction of sp³-hybridized carbons (Fsp3) is 0.400. The van der Waals surface area contributed by atoms with E-state index in [0.29, 0.717) is 12.8 Å². The topological polar surface area (TPSA) is 102 Å². The smallest absolute Gasteiger partial charge is 0.0927 e. The maximum absolute atomic E-state index is 10.1. The molecule has 4 atom stereocenters. The Morgan fingerprint density at radius 1 is 0.680 bits per heavy atom. The molecular weight excluding hydrogens is 316 g/mol. The highest BCUT2D eigenvalue weighted by molar-refractivity contribution is 5.17. The van der Waals surface area contributed by atoms with Crippen LogP contribution >= 0.6 is 0 Å². The molecule has 0 bridgehead atoms. The first-order valence-electron chi connectivity index (χ1n) is 8.59. The van der Waals surface area contributed by atoms with Crippen LogP contribution in [0.3, 0.4) is 0 Å². The van der Waals surface area contributed by atoms with Gasteiger partial charge in [-0.2, -0.15) is 0 Å². The standard InChI is InChI=1S/C20H28N2O3/c21-17(11-15-7-3-1-4-8-15)19(23)13-25-14-20(24)18(22)12-16-9-5-2-6-10-16/h1-10,17-20,23-24H,11-14,21-22H2/t17-,18-,19+,20+/m0/s1. The quantitative estimate of drug-likeness (QED) is 0.512. The lowest BCUT2D eigenvalue weighted by Crippen LogP contribution is -2.43. The largest absolute Gasteiger partial charge is 0.389 e. The highest BCUT2D eigenvalue weighted by Gasteiger charge is 2.19. The molecule has 0 aliphatic carbocycles. The van der Waals surface area contributed by atoms with Crippen molar-refractivity contribution in [1.82, 2.24) is 0 Å². The van der Waals surface area contributed by atoms with Crippen LogP contribution in [-0.2, 0) is 17.6 Å². The van der Waals surface area contributed by atoms with E-state index >= 15 is 0 Å². The maximum atomic E-state index is 10.1. The zero-order valence-electron chi connectivity index (χ0n) is 14.4. The third-order valence-electron chi connectivity index (χ3n) is 4.19. The second-order valence-corrected chi connectivity index (χ2v) is 6.38. The molecule has 0 aliphatic heterocycles. The molecule has 0 amide bonds. The summed E-state index contributed by atoms with van der Waals surface area (Å²) >= 11 is 0. The molecule has 0 saturated carbocycles. The molecule has 2 rings (SSSR count). The van der Waals surface area contributed by atoms with Crippen molar-refractivity contribution in [3.63, 3.8) is 0 Å². The van der Waals surface area contributed by atoms with E-state index in [4.69, 9.17) is 16.2 Å². The number of ether oxygens (including phenoxy) is 1. The fourth-order valence-corrected chi connectivity index (χ4v) is 2.60. The SMILES string of the molecule is N[C@@H](Cc1ccccc1)[C@H](O)COC[C@@H](O)[C@@H](N)Cc1ccccc1. The first-order valence-corrected chi connectivity index (χ1v) is 8.59. The van der Waals surface area contributed by atoms with Crippen molar-refractivity contribution in [2.75, 3.05) is 13.2 Å². The fourth-order valence-electron chi connectivity index (χ4n) is 2.60. The Balaban J connectivity index is 1.68. The molecule has 6 N–H and O–H groups in total. The molecule has 25 heavy (non-hydrogen) atoms. The molecule has 0 spiro atoms. The van der Waals surface area contributed by atoms with E-state index in [2.05, 4.69) is 0 Å². The lowest BCUT2D eigenvalue weighted by Gasteiger charge is -2.22. The lowest BCUT2D eigenvalue weighted by atomic mass is 10.0. The molecule has 5 heteroatoms. The van der Waals surface area contributed by atoms with Gasteiger partial charge in [-0.05, 0) is 24.0 Å². The Hall–Kier alpha value is -1.76. The summed E-state index contributed by atoms with van der Waals surface area (Å²) in [6, 6.07) is 18.7. The zero-order chi connectivity index (χ0) is 18.1. The Kier molecular flexibility index (Phi) is 8.04. The van der Waals surface area contributed by atoms with Gasteiger partial charge in [0, 0.05) is 12.1 Å². The van der Waals surface area contributed by atoms with Gasteiger partial charge in [0.25, 0.3) is 0 Å². The molecule has 136 valence electrons. The summed E-state index contributed by atoms with van der Waals surface area (Å²) in [6.07, 6.45) is -0.446. The molecule has 0 radical (unpaired) electrons. The number of rotatable bonds is 10. The van der Waals surface area contributed by atoms with Gasteiger partial charge in [-0.15, -0.1) is 0 Å². The van der Waals surface area contributed by atoms with Crippen LogP contribution in [0.4, 0.5) is 0 Å². The predicted octanol–water partition coefficient (Wildman–Crippen LogP) is 0.865. The van der Waals surface area contributed by atoms with Gasteiger partial charge >= 0.3 is 0 Å². The van der Waals surface area contributed by atoms with Crippen LogP contribution in [0.2, 0.25) is 0 Å². The van der Waals surface area contributed by atoms with Gasteiger partial charge in [0.2, 0.25) is 0 Å². The number of benzene rings is 2. The van der Waals surface area contributed by atoms with Crippen LogP contribution in [0.5, 0.6) is 0 Å². The van der Waals surface area contributed by atoms with Crippen molar-refractivity contribution < 1.29 is 14.9 Å². The predicted molar refractivity (Wildman–Crippen MR) is 99.1 cm³/mol. The van der Waals surface area contributed by atoms with Gasteiger partial charge in [0.15, 0.2) is 0 Å². The molecule has 0 fully saturated rings. The summed E-state index contributed by atoms with van der Waals surface area (Å²) in [5.41, 5.74) is 14.2. The highest BCUT2D eigenvalue weighted by atomic mass is 16.5. The third-order valence-corrected chi connectivity index (χ3v) is 4.19. The van der Waals surface area contributed by atoms with Gasteiger partial charge in [-0.1, -0.05) is 60.7 Å². The van der Waals surface area contributed by atoms with E-state index in [1.54, 1.807) is 0 Å². The molecule has 0 unspecified atom stereocenters. The second-order valence-electron chi connectivity index (χ2n) is 6.38. The first-order chi connectivity index (χ1) is 12.1. The number of hydrogen-bond acceptors (Lipinski definition) is 5. The van der Waals surface area contributed by atoms with Crippen molar-refractivity contribution in [2.24, 2.45) is 11.5 Å². The van der Waals surface area contributed by atoms with E-state index in [1.807, 2.05) is 60.7 Å². The van der Waals surface area contributed by atoms with Crippen molar-refractivity contribution in [2.45, 2.75) is 37.1 Å². The zero-order valence-corrected chi connectivity index (χ0v) is 14.4. The first kappa shape index (κ1) is 19.6. The Bertz CT molecular complexity index is 541. The summed E-state index contributed by atoms with van der Waals surface area (Å²) < 4.78 is 5.41. The van der Waals surface area contributed by atoms with Crippen molar-refractivity contribution in [3.8, 4) is 0 Å². The Labute approximate surface area is 149 Å². The van der Waals surface area contributed by atoms with Gasteiger partial charge < -0.3 is 26.4 Å². The number of nitrogens with two attached hydrogens (primary N) is 2. The monoisotopic (exact) mass is 344 g/mol. The normalized spacial score (nSPS) is 16.2. The van der Waals surface area contributed by atoms with E-state index in [0.717, 1.165) is 11.1 Å². The molecule has 2 aromatic carbocycles.